The predicted octanol–water partition coefficient (Wildman–Crippen LogP) is 2.93. The van der Waals surface area contributed by atoms with Crippen LogP contribution in [0.4, 0.5) is 5.69 Å². The van der Waals surface area contributed by atoms with E-state index < -0.39 is 0 Å². The van der Waals surface area contributed by atoms with Gasteiger partial charge in [0.05, 0.1) is 23.3 Å². The Morgan fingerprint density at radius 3 is 2.91 bits per heavy atom. The Bertz CT molecular complexity index is 852. The van der Waals surface area contributed by atoms with E-state index >= 15 is 0 Å². The Hall–Kier alpha value is -3.05. The van der Waals surface area contributed by atoms with Crippen molar-refractivity contribution in [1.82, 2.24) is 10.2 Å². The van der Waals surface area contributed by atoms with Gasteiger partial charge in [0.25, 0.3) is 11.1 Å². The van der Waals surface area contributed by atoms with Crippen LogP contribution >= 0.6 is 11.8 Å². The number of nitrogens with zero attached hydrogens (tertiary/aromatic N) is 3. The van der Waals surface area contributed by atoms with Gasteiger partial charge in [0.2, 0.25) is 5.91 Å². The zero-order chi connectivity index (χ0) is 16.1. The first kappa shape index (κ1) is 14.9. The minimum Gasteiger partial charge on any atom is -0.459 e. The van der Waals surface area contributed by atoms with Crippen molar-refractivity contribution in [3.63, 3.8) is 0 Å². The van der Waals surface area contributed by atoms with E-state index in [0.29, 0.717) is 17.0 Å². The van der Waals surface area contributed by atoms with E-state index in [2.05, 4.69) is 15.5 Å². The van der Waals surface area contributed by atoms with Gasteiger partial charge < -0.3 is 14.2 Å². The van der Waals surface area contributed by atoms with E-state index in [9.17, 15) is 4.79 Å². The molecule has 0 aliphatic heterocycles. The standard InChI is InChI=1S/C15H10N4O3S/c16-8-10-4-1-2-5-11(10)17-13(20)9-23-15-19-18-14(22-15)12-6-3-7-21-12/h1-7H,9H2,(H,17,20). The Morgan fingerprint density at radius 2 is 2.13 bits per heavy atom. The third-order valence-electron chi connectivity index (χ3n) is 2.79. The number of furan rings is 1. The Kier molecular flexibility index (Phi) is 4.40. The van der Waals surface area contributed by atoms with Gasteiger partial charge in [-0.15, -0.1) is 10.2 Å². The van der Waals surface area contributed by atoms with E-state index in [0.717, 1.165) is 11.8 Å². The molecule has 3 aromatic rings. The second-order valence-electron chi connectivity index (χ2n) is 4.34. The molecule has 2 heterocycles. The van der Waals surface area contributed by atoms with Crippen molar-refractivity contribution in [3.8, 4) is 17.7 Å². The lowest BCUT2D eigenvalue weighted by molar-refractivity contribution is -0.113. The summed E-state index contributed by atoms with van der Waals surface area (Å²) in [4.78, 5) is 11.9. The molecule has 0 spiro atoms. The van der Waals surface area contributed by atoms with Gasteiger partial charge in [-0.2, -0.15) is 5.26 Å². The number of nitrogens with one attached hydrogen (secondary N) is 1. The molecule has 0 saturated carbocycles. The van der Waals surface area contributed by atoms with E-state index in [-0.39, 0.29) is 22.8 Å². The molecule has 7 nitrogen and oxygen atoms in total. The van der Waals surface area contributed by atoms with Crippen LogP contribution < -0.4 is 5.32 Å². The van der Waals surface area contributed by atoms with Gasteiger partial charge >= 0.3 is 0 Å². The maximum absolute atomic E-state index is 11.9. The van der Waals surface area contributed by atoms with Gasteiger partial charge in [0, 0.05) is 0 Å². The molecule has 0 aliphatic rings. The number of para-hydroxylation sites is 1. The Morgan fingerprint density at radius 1 is 1.26 bits per heavy atom. The highest BCUT2D eigenvalue weighted by Crippen LogP contribution is 2.23. The summed E-state index contributed by atoms with van der Waals surface area (Å²) in [6.45, 7) is 0. The lowest BCUT2D eigenvalue weighted by Crippen LogP contribution is -2.14. The van der Waals surface area contributed by atoms with E-state index in [4.69, 9.17) is 14.1 Å². The second-order valence-corrected chi connectivity index (χ2v) is 5.27. The lowest BCUT2D eigenvalue weighted by Gasteiger charge is -2.05. The zero-order valence-corrected chi connectivity index (χ0v) is 12.5. The van der Waals surface area contributed by atoms with Crippen LogP contribution in [0.1, 0.15) is 5.56 Å². The molecule has 0 bridgehead atoms. The highest BCUT2D eigenvalue weighted by molar-refractivity contribution is 7.99. The average Bonchev–Trinajstić information content (AvgIpc) is 3.24. The van der Waals surface area contributed by atoms with Crippen LogP contribution in [0.5, 0.6) is 0 Å². The number of hydrogen-bond donors (Lipinski definition) is 1. The fourth-order valence-electron chi connectivity index (χ4n) is 1.77. The number of hydrogen-bond acceptors (Lipinski definition) is 7. The van der Waals surface area contributed by atoms with Crippen molar-refractivity contribution in [1.29, 1.82) is 5.26 Å². The third kappa shape index (κ3) is 3.59. The minimum absolute atomic E-state index is 0.0829. The number of thioether (sulfide) groups is 1. The maximum atomic E-state index is 11.9. The largest absolute Gasteiger partial charge is 0.459 e. The molecule has 3 rings (SSSR count). The molecule has 2 aromatic heterocycles. The van der Waals surface area contributed by atoms with Gasteiger partial charge in [-0.25, -0.2) is 0 Å². The summed E-state index contributed by atoms with van der Waals surface area (Å²) >= 11 is 1.10. The van der Waals surface area contributed by atoms with Gasteiger partial charge in [0.15, 0.2) is 5.76 Å². The number of anilines is 1. The van der Waals surface area contributed by atoms with Crippen molar-refractivity contribution >= 4 is 23.4 Å². The van der Waals surface area contributed by atoms with E-state index in [1.807, 2.05) is 6.07 Å². The van der Waals surface area contributed by atoms with Crippen LogP contribution in [0.2, 0.25) is 0 Å². The number of benzene rings is 1. The summed E-state index contributed by atoms with van der Waals surface area (Å²) < 4.78 is 10.5. The normalized spacial score (nSPS) is 10.2. The van der Waals surface area contributed by atoms with Crippen molar-refractivity contribution in [2.75, 3.05) is 11.1 Å². The third-order valence-corrected chi connectivity index (χ3v) is 3.61. The molecule has 0 radical (unpaired) electrons. The number of carbonyl (C=O) groups excluding carboxylic acids is 1. The van der Waals surface area contributed by atoms with Crippen molar-refractivity contribution in [2.45, 2.75) is 5.22 Å². The first-order chi connectivity index (χ1) is 11.3. The van der Waals surface area contributed by atoms with Gasteiger partial charge in [-0.3, -0.25) is 4.79 Å². The zero-order valence-electron chi connectivity index (χ0n) is 11.7. The Labute approximate surface area is 135 Å². The molecule has 0 fully saturated rings. The van der Waals surface area contributed by atoms with Crippen LogP contribution in [0.15, 0.2) is 56.7 Å². The summed E-state index contributed by atoms with van der Waals surface area (Å²) in [6.07, 6.45) is 1.51. The first-order valence-electron chi connectivity index (χ1n) is 6.55. The van der Waals surface area contributed by atoms with Gasteiger partial charge in [-0.05, 0) is 24.3 Å². The molecule has 1 aromatic carbocycles. The van der Waals surface area contributed by atoms with Crippen LogP contribution in [-0.2, 0) is 4.79 Å². The van der Waals surface area contributed by atoms with Crippen molar-refractivity contribution in [2.24, 2.45) is 0 Å². The topological polar surface area (TPSA) is 105 Å². The number of carbonyl (C=O) groups is 1. The van der Waals surface area contributed by atoms with Crippen LogP contribution in [0, 0.1) is 11.3 Å². The van der Waals surface area contributed by atoms with E-state index in [1.165, 1.54) is 6.26 Å². The number of aromatic nitrogens is 2. The number of amides is 1. The molecule has 1 N–H and O–H groups in total. The molecule has 23 heavy (non-hydrogen) atoms. The summed E-state index contributed by atoms with van der Waals surface area (Å²) in [7, 11) is 0. The monoisotopic (exact) mass is 326 g/mol. The predicted molar refractivity (Wildman–Crippen MR) is 82.5 cm³/mol. The fourth-order valence-corrected chi connectivity index (χ4v) is 2.33. The molecule has 0 saturated heterocycles. The SMILES string of the molecule is N#Cc1ccccc1NC(=O)CSc1nnc(-c2ccco2)o1. The molecule has 1 amide bonds. The average molecular weight is 326 g/mol. The molecular formula is C15H10N4O3S. The number of rotatable bonds is 5. The molecule has 8 heteroatoms. The van der Waals surface area contributed by atoms with Crippen LogP contribution in [0.25, 0.3) is 11.7 Å². The molecule has 0 aliphatic carbocycles. The lowest BCUT2D eigenvalue weighted by atomic mass is 10.2. The summed E-state index contributed by atoms with van der Waals surface area (Å²) in [5.41, 5.74) is 0.881. The van der Waals surface area contributed by atoms with Crippen molar-refractivity contribution < 1.29 is 13.6 Å². The van der Waals surface area contributed by atoms with Gasteiger partial charge in [-0.1, -0.05) is 23.9 Å². The summed E-state index contributed by atoms with van der Waals surface area (Å²) in [5, 5.41) is 19.6. The summed E-state index contributed by atoms with van der Waals surface area (Å²) in [5.74, 6) is 0.541. The quantitative estimate of drug-likeness (QED) is 0.718. The van der Waals surface area contributed by atoms with Crippen LogP contribution in [-0.4, -0.2) is 21.9 Å². The molecule has 0 atom stereocenters. The minimum atomic E-state index is -0.268. The molecule has 0 unspecified atom stereocenters. The highest BCUT2D eigenvalue weighted by Gasteiger charge is 2.13. The molecule has 114 valence electrons. The fraction of sp³-hybridized carbons (Fsp3) is 0.0667. The van der Waals surface area contributed by atoms with Crippen molar-refractivity contribution in [3.05, 3.63) is 48.2 Å². The number of nitriles is 1. The summed E-state index contributed by atoms with van der Waals surface area (Å²) in [6, 6.07) is 12.2. The smallest absolute Gasteiger partial charge is 0.284 e. The van der Waals surface area contributed by atoms with E-state index in [1.54, 1.807) is 36.4 Å². The Balaban J connectivity index is 1.58. The first-order valence-corrected chi connectivity index (χ1v) is 7.54. The highest BCUT2D eigenvalue weighted by atomic mass is 32.2. The second kappa shape index (κ2) is 6.81. The maximum Gasteiger partial charge on any atom is 0.284 e. The molecular weight excluding hydrogens is 316 g/mol. The van der Waals surface area contributed by atoms with Gasteiger partial charge in [0.1, 0.15) is 6.07 Å². The van der Waals surface area contributed by atoms with Crippen LogP contribution in [0.3, 0.4) is 0 Å².